The van der Waals surface area contributed by atoms with Gasteiger partial charge < -0.3 is 10.4 Å². The van der Waals surface area contributed by atoms with E-state index in [9.17, 15) is 5.11 Å². The number of rotatable bonds is 4. The highest BCUT2D eigenvalue weighted by atomic mass is 79.9. The molecule has 1 rings (SSSR count). The zero-order valence-electron chi connectivity index (χ0n) is 9.72. The average molecular weight is 307 g/mol. The maximum Gasteiger partial charge on any atom is 0.141 e. The highest BCUT2D eigenvalue weighted by Crippen LogP contribution is 2.31. The van der Waals surface area contributed by atoms with Crippen molar-refractivity contribution in [3.8, 4) is 5.75 Å². The lowest BCUT2D eigenvalue weighted by Crippen LogP contribution is -2.19. The Kier molecular flexibility index (Phi) is 4.93. The van der Waals surface area contributed by atoms with Crippen molar-refractivity contribution in [2.75, 3.05) is 11.9 Å². The van der Waals surface area contributed by atoms with Gasteiger partial charge in [-0.25, -0.2) is 0 Å². The van der Waals surface area contributed by atoms with Gasteiger partial charge in [-0.15, -0.1) is 0 Å². The van der Waals surface area contributed by atoms with Crippen LogP contribution in [-0.4, -0.2) is 16.5 Å². The van der Waals surface area contributed by atoms with Gasteiger partial charge in [0.15, 0.2) is 0 Å². The van der Waals surface area contributed by atoms with Crippen molar-refractivity contribution in [3.05, 3.63) is 22.7 Å². The van der Waals surface area contributed by atoms with E-state index >= 15 is 0 Å². The monoisotopic (exact) mass is 305 g/mol. The molecule has 16 heavy (non-hydrogen) atoms. The Labute approximate surface area is 110 Å². The van der Waals surface area contributed by atoms with Gasteiger partial charge in [-0.2, -0.15) is 0 Å². The summed E-state index contributed by atoms with van der Waals surface area (Å²) in [7, 11) is 0. The molecule has 2 nitrogen and oxygen atoms in total. The minimum absolute atomic E-state index is 0.271. The second kappa shape index (κ2) is 5.78. The van der Waals surface area contributed by atoms with Gasteiger partial charge in [-0.3, -0.25) is 0 Å². The van der Waals surface area contributed by atoms with Crippen molar-refractivity contribution in [2.24, 2.45) is 5.92 Å². The quantitative estimate of drug-likeness (QED) is 0.646. The summed E-state index contributed by atoms with van der Waals surface area (Å²) >= 11 is 9.52. The van der Waals surface area contributed by atoms with Crippen molar-refractivity contribution >= 4 is 33.2 Å². The van der Waals surface area contributed by atoms with E-state index < -0.39 is 0 Å². The molecule has 0 saturated carbocycles. The fraction of sp³-hybridized carbons (Fsp3) is 0.500. The predicted octanol–water partition coefficient (Wildman–Crippen LogP) is 4.19. The lowest BCUT2D eigenvalue weighted by Gasteiger charge is -2.16. The molecule has 4 heteroatoms. The highest BCUT2D eigenvalue weighted by Gasteiger charge is 2.11. The van der Waals surface area contributed by atoms with Gasteiger partial charge in [0.2, 0.25) is 0 Å². The number of aryl methyl sites for hydroxylation is 1. The molecule has 2 N–H and O–H groups in total. The first-order valence-electron chi connectivity index (χ1n) is 5.29. The van der Waals surface area contributed by atoms with E-state index in [1.54, 1.807) is 12.1 Å². The van der Waals surface area contributed by atoms with Gasteiger partial charge in [0.25, 0.3) is 0 Å². The summed E-state index contributed by atoms with van der Waals surface area (Å²) in [5.41, 5.74) is 1.47. The molecule has 1 atom stereocenters. The maximum atomic E-state index is 9.84. The van der Waals surface area contributed by atoms with Crippen molar-refractivity contribution in [1.29, 1.82) is 0 Å². The minimum Gasteiger partial charge on any atom is -0.506 e. The number of anilines is 1. The Hall–Kier alpha value is -0.410. The standard InChI is InChI=1S/C12H17BrClNO/c1-7(2)10(13)6-15-11-5-9(14)4-8(3)12(11)16/h4-5,7,10,15-16H,6H2,1-3H3/t10-/m0/s1. The third-order valence-corrected chi connectivity index (χ3v) is 4.08. The van der Waals surface area contributed by atoms with Crippen LogP contribution < -0.4 is 5.32 Å². The maximum absolute atomic E-state index is 9.84. The Bertz CT molecular complexity index is 368. The van der Waals surface area contributed by atoms with E-state index in [2.05, 4.69) is 35.1 Å². The molecule has 90 valence electrons. The van der Waals surface area contributed by atoms with Crippen LogP contribution in [0.25, 0.3) is 0 Å². The van der Waals surface area contributed by atoms with E-state index in [1.165, 1.54) is 0 Å². The molecule has 1 aromatic carbocycles. The topological polar surface area (TPSA) is 32.3 Å². The van der Waals surface area contributed by atoms with E-state index in [0.717, 1.165) is 12.1 Å². The summed E-state index contributed by atoms with van der Waals surface area (Å²) in [4.78, 5) is 0.367. The molecule has 0 bridgehead atoms. The number of phenols is 1. The van der Waals surface area contributed by atoms with Crippen LogP contribution in [0.15, 0.2) is 12.1 Å². The lowest BCUT2D eigenvalue weighted by atomic mass is 10.1. The number of hydrogen-bond donors (Lipinski definition) is 2. The number of nitrogens with one attached hydrogen (secondary N) is 1. The fourth-order valence-electron chi connectivity index (χ4n) is 1.31. The molecular weight excluding hydrogens is 289 g/mol. The Balaban J connectivity index is 2.74. The summed E-state index contributed by atoms with van der Waals surface area (Å²) in [5, 5.41) is 13.7. The van der Waals surface area contributed by atoms with Crippen LogP contribution >= 0.6 is 27.5 Å². The smallest absolute Gasteiger partial charge is 0.141 e. The van der Waals surface area contributed by atoms with Crippen LogP contribution in [-0.2, 0) is 0 Å². The number of hydrogen-bond acceptors (Lipinski definition) is 2. The summed E-state index contributed by atoms with van der Waals surface area (Å²) in [5.74, 6) is 0.808. The second-order valence-electron chi connectivity index (χ2n) is 4.26. The van der Waals surface area contributed by atoms with Crippen LogP contribution in [0, 0.1) is 12.8 Å². The Morgan fingerprint density at radius 2 is 2.06 bits per heavy atom. The number of phenolic OH excluding ortho intramolecular Hbond substituents is 1. The number of alkyl halides is 1. The molecule has 0 aliphatic carbocycles. The highest BCUT2D eigenvalue weighted by molar-refractivity contribution is 9.09. The van der Waals surface area contributed by atoms with Crippen LogP contribution in [0.2, 0.25) is 5.02 Å². The van der Waals surface area contributed by atoms with Gasteiger partial charge in [-0.05, 0) is 30.5 Å². The minimum atomic E-state index is 0.271. The molecule has 0 fully saturated rings. The summed E-state index contributed by atoms with van der Waals surface area (Å²) < 4.78 is 0. The second-order valence-corrected chi connectivity index (χ2v) is 5.87. The third-order valence-electron chi connectivity index (χ3n) is 2.48. The average Bonchev–Trinajstić information content (AvgIpc) is 2.20. The first-order valence-corrected chi connectivity index (χ1v) is 6.58. The van der Waals surface area contributed by atoms with Gasteiger partial charge in [-0.1, -0.05) is 41.4 Å². The Morgan fingerprint density at radius 1 is 1.44 bits per heavy atom. The van der Waals surface area contributed by atoms with Crippen LogP contribution in [0.1, 0.15) is 19.4 Å². The van der Waals surface area contributed by atoms with Gasteiger partial charge in [0.05, 0.1) is 5.69 Å². The van der Waals surface area contributed by atoms with Crippen LogP contribution in [0.4, 0.5) is 5.69 Å². The van der Waals surface area contributed by atoms with E-state index in [0.29, 0.717) is 21.5 Å². The van der Waals surface area contributed by atoms with Gasteiger partial charge >= 0.3 is 0 Å². The molecule has 0 saturated heterocycles. The molecular formula is C12H17BrClNO. The van der Waals surface area contributed by atoms with Crippen LogP contribution in [0.5, 0.6) is 5.75 Å². The molecule has 0 unspecified atom stereocenters. The molecule has 0 aliphatic heterocycles. The normalized spacial score (nSPS) is 12.9. The largest absolute Gasteiger partial charge is 0.506 e. The van der Waals surface area contributed by atoms with E-state index in [-0.39, 0.29) is 5.75 Å². The van der Waals surface area contributed by atoms with Crippen molar-refractivity contribution in [2.45, 2.75) is 25.6 Å². The number of aromatic hydroxyl groups is 1. The predicted molar refractivity (Wildman–Crippen MR) is 73.9 cm³/mol. The van der Waals surface area contributed by atoms with Crippen molar-refractivity contribution < 1.29 is 5.11 Å². The molecule has 0 heterocycles. The zero-order valence-corrected chi connectivity index (χ0v) is 12.1. The van der Waals surface area contributed by atoms with E-state index in [4.69, 9.17) is 11.6 Å². The zero-order chi connectivity index (χ0) is 12.3. The molecule has 1 aromatic rings. The summed E-state index contributed by atoms with van der Waals surface area (Å²) in [6, 6.07) is 3.49. The first kappa shape index (κ1) is 13.7. The first-order chi connectivity index (χ1) is 7.41. The molecule has 0 spiro atoms. The number of halogens is 2. The summed E-state index contributed by atoms with van der Waals surface area (Å²) in [6.45, 7) is 6.87. The molecule has 0 aromatic heterocycles. The molecule has 0 radical (unpaired) electrons. The van der Waals surface area contributed by atoms with Gasteiger partial charge in [0.1, 0.15) is 5.75 Å². The molecule has 0 amide bonds. The summed E-state index contributed by atoms with van der Waals surface area (Å²) in [6.07, 6.45) is 0. The third kappa shape index (κ3) is 3.56. The van der Waals surface area contributed by atoms with Gasteiger partial charge in [0, 0.05) is 16.4 Å². The van der Waals surface area contributed by atoms with E-state index in [1.807, 2.05) is 6.92 Å². The van der Waals surface area contributed by atoms with Crippen LogP contribution in [0.3, 0.4) is 0 Å². The van der Waals surface area contributed by atoms with Crippen molar-refractivity contribution in [1.82, 2.24) is 0 Å². The number of benzene rings is 1. The van der Waals surface area contributed by atoms with Crippen molar-refractivity contribution in [3.63, 3.8) is 0 Å². The SMILES string of the molecule is Cc1cc(Cl)cc(NC[C@H](Br)C(C)C)c1O. The lowest BCUT2D eigenvalue weighted by molar-refractivity contribution is 0.472. The Morgan fingerprint density at radius 3 is 2.62 bits per heavy atom. The fourth-order valence-corrected chi connectivity index (χ4v) is 1.75. The molecule has 0 aliphatic rings.